The maximum Gasteiger partial charge on any atom is 0.337 e. The van der Waals surface area contributed by atoms with Crippen molar-refractivity contribution in [2.75, 3.05) is 23.3 Å². The van der Waals surface area contributed by atoms with Crippen LogP contribution in [0.5, 0.6) is 0 Å². The van der Waals surface area contributed by atoms with Crippen molar-refractivity contribution in [1.29, 1.82) is 0 Å². The number of benzene rings is 2. The number of aromatic carboxylic acids is 1. The minimum Gasteiger partial charge on any atom is -0.478 e. The van der Waals surface area contributed by atoms with Crippen LogP contribution in [0.25, 0.3) is 0 Å². The highest BCUT2D eigenvalue weighted by molar-refractivity contribution is 6.31. The Morgan fingerprint density at radius 1 is 1.23 bits per heavy atom. The highest BCUT2D eigenvalue weighted by atomic mass is 35.5. The SMILES string of the molecule is CC1CCCN(c2ccc(NC(=O)c3cccc(Cl)c3)cc2C(=O)O)C1. The molecule has 0 aliphatic carbocycles. The number of carboxylic acids is 1. The van der Waals surface area contributed by atoms with Gasteiger partial charge in [0.1, 0.15) is 0 Å². The summed E-state index contributed by atoms with van der Waals surface area (Å²) in [4.78, 5) is 26.2. The fraction of sp³-hybridized carbons (Fsp3) is 0.300. The highest BCUT2D eigenvalue weighted by Crippen LogP contribution is 2.29. The lowest BCUT2D eigenvalue weighted by molar-refractivity contribution is 0.0697. The van der Waals surface area contributed by atoms with Gasteiger partial charge in [0.25, 0.3) is 5.91 Å². The summed E-state index contributed by atoms with van der Waals surface area (Å²) in [7, 11) is 0. The summed E-state index contributed by atoms with van der Waals surface area (Å²) in [6, 6.07) is 11.6. The van der Waals surface area contributed by atoms with Crippen molar-refractivity contribution in [1.82, 2.24) is 0 Å². The molecule has 1 amide bonds. The molecule has 0 bridgehead atoms. The van der Waals surface area contributed by atoms with Crippen LogP contribution >= 0.6 is 11.6 Å². The standard InChI is InChI=1S/C20H21ClN2O3/c1-13-4-3-9-23(12-13)18-8-7-16(11-17(18)20(25)26)22-19(24)14-5-2-6-15(21)10-14/h2,5-8,10-11,13H,3-4,9,12H2,1H3,(H,22,24)(H,25,26). The second kappa shape index (κ2) is 7.79. The molecule has 1 unspecified atom stereocenters. The molecule has 0 spiro atoms. The number of piperidine rings is 1. The number of nitrogens with one attached hydrogen (secondary N) is 1. The second-order valence-electron chi connectivity index (χ2n) is 6.69. The summed E-state index contributed by atoms with van der Waals surface area (Å²) >= 11 is 5.91. The van der Waals surface area contributed by atoms with Gasteiger partial charge >= 0.3 is 5.97 Å². The van der Waals surface area contributed by atoms with Crippen molar-refractivity contribution in [3.05, 3.63) is 58.6 Å². The fourth-order valence-corrected chi connectivity index (χ4v) is 3.49. The normalized spacial score (nSPS) is 17.0. The molecule has 0 radical (unpaired) electrons. The predicted molar refractivity (Wildman–Crippen MR) is 103 cm³/mol. The predicted octanol–water partition coefficient (Wildman–Crippen LogP) is 4.53. The van der Waals surface area contributed by atoms with Crippen molar-refractivity contribution in [2.45, 2.75) is 19.8 Å². The first-order valence-electron chi connectivity index (χ1n) is 8.63. The lowest BCUT2D eigenvalue weighted by Gasteiger charge is -2.33. The van der Waals surface area contributed by atoms with Gasteiger partial charge in [-0.05, 0) is 55.2 Å². The molecule has 1 aliphatic rings. The van der Waals surface area contributed by atoms with Crippen LogP contribution in [0.15, 0.2) is 42.5 Å². The number of nitrogens with zero attached hydrogens (tertiary/aromatic N) is 1. The van der Waals surface area contributed by atoms with Gasteiger partial charge in [-0.1, -0.05) is 24.6 Å². The van der Waals surface area contributed by atoms with Gasteiger partial charge < -0.3 is 15.3 Å². The van der Waals surface area contributed by atoms with Crippen molar-refractivity contribution in [3.8, 4) is 0 Å². The van der Waals surface area contributed by atoms with Crippen LogP contribution in [0.2, 0.25) is 5.02 Å². The van der Waals surface area contributed by atoms with Crippen LogP contribution in [0.1, 0.15) is 40.5 Å². The molecule has 26 heavy (non-hydrogen) atoms. The second-order valence-corrected chi connectivity index (χ2v) is 7.13. The third-order valence-corrected chi connectivity index (χ3v) is 4.80. The van der Waals surface area contributed by atoms with Crippen LogP contribution in [0.4, 0.5) is 11.4 Å². The van der Waals surface area contributed by atoms with Gasteiger partial charge in [-0.2, -0.15) is 0 Å². The first-order valence-corrected chi connectivity index (χ1v) is 9.01. The molecule has 6 heteroatoms. The Hall–Kier alpha value is -2.53. The maximum absolute atomic E-state index is 12.3. The molecule has 1 atom stereocenters. The molecule has 1 fully saturated rings. The quantitative estimate of drug-likeness (QED) is 0.827. The molecule has 1 heterocycles. The monoisotopic (exact) mass is 372 g/mol. The summed E-state index contributed by atoms with van der Waals surface area (Å²) in [5.41, 5.74) is 1.76. The Labute approximate surface area is 157 Å². The summed E-state index contributed by atoms with van der Waals surface area (Å²) in [6.45, 7) is 3.86. The molecule has 2 N–H and O–H groups in total. The third kappa shape index (κ3) is 4.17. The summed E-state index contributed by atoms with van der Waals surface area (Å²) in [5.74, 6) is -0.798. The van der Waals surface area contributed by atoms with Gasteiger partial charge in [-0.15, -0.1) is 0 Å². The number of rotatable bonds is 4. The average molecular weight is 373 g/mol. The third-order valence-electron chi connectivity index (χ3n) is 4.57. The summed E-state index contributed by atoms with van der Waals surface area (Å²) in [5, 5.41) is 12.8. The van der Waals surface area contributed by atoms with E-state index >= 15 is 0 Å². The minimum atomic E-state index is -1.00. The largest absolute Gasteiger partial charge is 0.478 e. The Bertz CT molecular complexity index is 838. The Kier molecular flexibility index (Phi) is 5.47. The number of carboxylic acid groups (broad SMARTS) is 1. The van der Waals surface area contributed by atoms with E-state index < -0.39 is 5.97 Å². The van der Waals surface area contributed by atoms with Gasteiger partial charge in [0.05, 0.1) is 11.3 Å². The molecule has 0 aromatic heterocycles. The fourth-order valence-electron chi connectivity index (χ4n) is 3.30. The van der Waals surface area contributed by atoms with E-state index in [0.29, 0.717) is 27.9 Å². The lowest BCUT2D eigenvalue weighted by Crippen LogP contribution is -2.35. The van der Waals surface area contributed by atoms with E-state index in [9.17, 15) is 14.7 Å². The molecule has 2 aromatic rings. The Morgan fingerprint density at radius 3 is 2.73 bits per heavy atom. The van der Waals surface area contributed by atoms with Crippen molar-refractivity contribution < 1.29 is 14.7 Å². The Balaban J connectivity index is 1.84. The minimum absolute atomic E-state index is 0.197. The van der Waals surface area contributed by atoms with Crippen LogP contribution in [0.3, 0.4) is 0 Å². The van der Waals surface area contributed by atoms with Gasteiger partial charge in [-0.25, -0.2) is 4.79 Å². The average Bonchev–Trinajstić information content (AvgIpc) is 2.61. The number of carbonyl (C=O) groups excluding carboxylic acids is 1. The number of amides is 1. The molecule has 3 rings (SSSR count). The number of hydrogen-bond acceptors (Lipinski definition) is 3. The number of carbonyl (C=O) groups is 2. The number of hydrogen-bond donors (Lipinski definition) is 2. The first-order chi connectivity index (χ1) is 12.4. The van der Waals surface area contributed by atoms with Gasteiger partial charge in [0.15, 0.2) is 0 Å². The van der Waals surface area contributed by atoms with Gasteiger partial charge in [0.2, 0.25) is 0 Å². The van der Waals surface area contributed by atoms with Gasteiger partial charge in [0, 0.05) is 29.4 Å². The number of anilines is 2. The van der Waals surface area contributed by atoms with E-state index in [1.165, 1.54) is 6.07 Å². The topological polar surface area (TPSA) is 69.6 Å². The zero-order valence-corrected chi connectivity index (χ0v) is 15.3. The Morgan fingerprint density at radius 2 is 2.04 bits per heavy atom. The van der Waals surface area contributed by atoms with Crippen molar-refractivity contribution in [3.63, 3.8) is 0 Å². The van der Waals surface area contributed by atoms with E-state index in [1.807, 2.05) is 0 Å². The smallest absolute Gasteiger partial charge is 0.337 e. The van der Waals surface area contributed by atoms with Crippen LogP contribution < -0.4 is 10.2 Å². The highest BCUT2D eigenvalue weighted by Gasteiger charge is 2.22. The molecule has 5 nitrogen and oxygen atoms in total. The van der Waals surface area contributed by atoms with Gasteiger partial charge in [-0.3, -0.25) is 4.79 Å². The molecule has 0 saturated carbocycles. The summed E-state index contributed by atoms with van der Waals surface area (Å²) in [6.07, 6.45) is 2.21. The molecule has 1 aliphatic heterocycles. The van der Waals surface area contributed by atoms with Crippen molar-refractivity contribution >= 4 is 34.9 Å². The summed E-state index contributed by atoms with van der Waals surface area (Å²) < 4.78 is 0. The van der Waals surface area contributed by atoms with E-state index in [4.69, 9.17) is 11.6 Å². The van der Waals surface area contributed by atoms with E-state index in [-0.39, 0.29) is 11.5 Å². The molecule has 2 aromatic carbocycles. The number of halogens is 1. The van der Waals surface area contributed by atoms with Crippen LogP contribution in [-0.2, 0) is 0 Å². The zero-order chi connectivity index (χ0) is 18.7. The first kappa shape index (κ1) is 18.3. The molecular weight excluding hydrogens is 352 g/mol. The van der Waals surface area contributed by atoms with E-state index in [2.05, 4.69) is 17.1 Å². The van der Waals surface area contributed by atoms with E-state index in [0.717, 1.165) is 25.9 Å². The van der Waals surface area contributed by atoms with Crippen molar-refractivity contribution in [2.24, 2.45) is 5.92 Å². The lowest BCUT2D eigenvalue weighted by atomic mass is 9.98. The maximum atomic E-state index is 12.3. The van der Waals surface area contributed by atoms with E-state index in [1.54, 1.807) is 36.4 Å². The van der Waals surface area contributed by atoms with Crippen LogP contribution in [-0.4, -0.2) is 30.1 Å². The molecule has 1 saturated heterocycles. The molecule has 136 valence electrons. The zero-order valence-electron chi connectivity index (χ0n) is 14.5. The molecular formula is C20H21ClN2O3. The van der Waals surface area contributed by atoms with Crippen LogP contribution in [0, 0.1) is 5.92 Å².